The van der Waals surface area contributed by atoms with Crippen molar-refractivity contribution in [3.63, 3.8) is 0 Å². The van der Waals surface area contributed by atoms with E-state index in [1.54, 1.807) is 0 Å². The SMILES string of the molecule is CC\C=C/C=C\C=C/C=C\CCCCCCCC(=O)OC(COC(=O)CCCCCCCCC/C=C\CCCCCCCC)COC(=O)CCCCCCCCCCCCCC. The second-order valence-electron chi connectivity index (χ2n) is 17.5. The molecule has 6 nitrogen and oxygen atoms in total. The summed E-state index contributed by atoms with van der Waals surface area (Å²) in [6.45, 7) is 6.48. The van der Waals surface area contributed by atoms with Crippen molar-refractivity contribution in [1.29, 1.82) is 0 Å². The molecule has 0 spiro atoms. The van der Waals surface area contributed by atoms with Crippen molar-refractivity contribution in [3.8, 4) is 0 Å². The molecule has 0 N–H and O–H groups in total. The van der Waals surface area contributed by atoms with E-state index in [1.165, 1.54) is 135 Å². The van der Waals surface area contributed by atoms with Gasteiger partial charge < -0.3 is 14.2 Å². The molecular formula is C56H98O6. The Hall–Kier alpha value is -2.89. The molecule has 358 valence electrons. The van der Waals surface area contributed by atoms with Crippen molar-refractivity contribution in [2.24, 2.45) is 0 Å². The van der Waals surface area contributed by atoms with Gasteiger partial charge in [-0.25, -0.2) is 0 Å². The Morgan fingerprint density at radius 3 is 1.03 bits per heavy atom. The minimum Gasteiger partial charge on any atom is -0.462 e. The Kier molecular flexibility index (Phi) is 48.4. The van der Waals surface area contributed by atoms with Gasteiger partial charge in [0.2, 0.25) is 0 Å². The van der Waals surface area contributed by atoms with Crippen LogP contribution in [0.25, 0.3) is 0 Å². The summed E-state index contributed by atoms with van der Waals surface area (Å²) in [6.07, 6.45) is 62.0. The van der Waals surface area contributed by atoms with Gasteiger partial charge in [-0.3, -0.25) is 14.4 Å². The Bertz CT molecular complexity index is 1130. The molecule has 0 amide bonds. The van der Waals surface area contributed by atoms with Gasteiger partial charge in [0.15, 0.2) is 6.10 Å². The van der Waals surface area contributed by atoms with Crippen LogP contribution in [0.5, 0.6) is 0 Å². The van der Waals surface area contributed by atoms with E-state index in [1.807, 2.05) is 18.2 Å². The van der Waals surface area contributed by atoms with E-state index in [9.17, 15) is 14.4 Å². The van der Waals surface area contributed by atoms with Gasteiger partial charge >= 0.3 is 17.9 Å². The van der Waals surface area contributed by atoms with Gasteiger partial charge in [-0.2, -0.15) is 0 Å². The van der Waals surface area contributed by atoms with Gasteiger partial charge in [-0.15, -0.1) is 0 Å². The summed E-state index contributed by atoms with van der Waals surface area (Å²) < 4.78 is 16.8. The average molecular weight is 867 g/mol. The highest BCUT2D eigenvalue weighted by Crippen LogP contribution is 2.15. The van der Waals surface area contributed by atoms with Crippen LogP contribution in [0.4, 0.5) is 0 Å². The lowest BCUT2D eigenvalue weighted by atomic mass is 10.0. The van der Waals surface area contributed by atoms with Gasteiger partial charge in [0.05, 0.1) is 0 Å². The maximum absolute atomic E-state index is 12.8. The second kappa shape index (κ2) is 50.8. The lowest BCUT2D eigenvalue weighted by Crippen LogP contribution is -2.30. The minimum atomic E-state index is -0.785. The van der Waals surface area contributed by atoms with Gasteiger partial charge in [-0.05, 0) is 64.2 Å². The first-order chi connectivity index (χ1) is 30.5. The molecule has 1 unspecified atom stereocenters. The predicted octanol–water partition coefficient (Wildman–Crippen LogP) is 17.3. The molecule has 1 atom stereocenters. The Morgan fingerprint density at radius 1 is 0.339 bits per heavy atom. The Labute approximate surface area is 383 Å². The van der Waals surface area contributed by atoms with Crippen molar-refractivity contribution in [2.75, 3.05) is 13.2 Å². The van der Waals surface area contributed by atoms with Crippen LogP contribution in [-0.4, -0.2) is 37.2 Å². The molecule has 0 bridgehead atoms. The molecule has 0 heterocycles. The van der Waals surface area contributed by atoms with Crippen LogP contribution in [0, 0.1) is 0 Å². The molecule has 0 aromatic carbocycles. The Balaban J connectivity index is 4.40. The number of esters is 3. The van der Waals surface area contributed by atoms with Crippen LogP contribution in [0.3, 0.4) is 0 Å². The number of ether oxygens (including phenoxy) is 3. The normalized spacial score (nSPS) is 12.5. The summed E-state index contributed by atoms with van der Waals surface area (Å²) in [6, 6.07) is 0. The summed E-state index contributed by atoms with van der Waals surface area (Å²) in [5, 5.41) is 0. The fourth-order valence-corrected chi connectivity index (χ4v) is 7.39. The van der Waals surface area contributed by atoms with Crippen molar-refractivity contribution in [2.45, 2.75) is 264 Å². The van der Waals surface area contributed by atoms with E-state index in [4.69, 9.17) is 14.2 Å². The van der Waals surface area contributed by atoms with Crippen molar-refractivity contribution in [3.05, 3.63) is 60.8 Å². The van der Waals surface area contributed by atoms with Crippen LogP contribution >= 0.6 is 0 Å². The zero-order valence-electron chi connectivity index (χ0n) is 40.9. The molecule has 0 fully saturated rings. The topological polar surface area (TPSA) is 78.9 Å². The first kappa shape index (κ1) is 59.1. The molecule has 0 radical (unpaired) electrons. The van der Waals surface area contributed by atoms with Crippen LogP contribution in [0.2, 0.25) is 0 Å². The number of allylic oxidation sites excluding steroid dienone is 10. The highest BCUT2D eigenvalue weighted by Gasteiger charge is 2.19. The van der Waals surface area contributed by atoms with Gasteiger partial charge in [0.25, 0.3) is 0 Å². The van der Waals surface area contributed by atoms with Gasteiger partial charge in [-0.1, -0.05) is 236 Å². The van der Waals surface area contributed by atoms with E-state index in [0.717, 1.165) is 83.5 Å². The Morgan fingerprint density at radius 2 is 0.645 bits per heavy atom. The van der Waals surface area contributed by atoms with E-state index in [-0.39, 0.29) is 31.1 Å². The molecule has 0 aliphatic heterocycles. The third-order valence-corrected chi connectivity index (χ3v) is 11.4. The standard InChI is InChI=1S/C56H98O6/c1-4-7-10-13-16-19-22-25-27-28-30-31-34-37-40-43-46-49-55(58)61-52-53(51-60-54(57)48-45-42-39-36-33-24-21-18-15-12-9-6-3)62-56(59)50-47-44-41-38-35-32-29-26-23-20-17-14-11-8-5-2/h8,11,14,17,20,23,25-27,29,53H,4-7,9-10,12-13,15-16,18-19,21-22,24,28,30-52H2,1-3H3/b11-8-,17-14-,23-20-,27-25-,29-26-. The highest BCUT2D eigenvalue weighted by molar-refractivity contribution is 5.71. The third-order valence-electron chi connectivity index (χ3n) is 11.4. The summed E-state index contributed by atoms with van der Waals surface area (Å²) in [5.74, 6) is -0.905. The van der Waals surface area contributed by atoms with Crippen LogP contribution in [-0.2, 0) is 28.6 Å². The molecule has 0 aromatic heterocycles. The number of carbonyl (C=O) groups excluding carboxylic acids is 3. The summed E-state index contributed by atoms with van der Waals surface area (Å²) in [7, 11) is 0. The molecule has 6 heteroatoms. The summed E-state index contributed by atoms with van der Waals surface area (Å²) >= 11 is 0. The smallest absolute Gasteiger partial charge is 0.306 e. The van der Waals surface area contributed by atoms with Gasteiger partial charge in [0, 0.05) is 19.3 Å². The fraction of sp³-hybridized carbons (Fsp3) is 0.768. The maximum atomic E-state index is 12.8. The number of unbranched alkanes of at least 4 members (excludes halogenated alkanes) is 29. The molecule has 0 saturated carbocycles. The van der Waals surface area contributed by atoms with E-state index >= 15 is 0 Å². The second-order valence-corrected chi connectivity index (χ2v) is 17.5. The zero-order valence-corrected chi connectivity index (χ0v) is 40.9. The van der Waals surface area contributed by atoms with Crippen LogP contribution in [0.15, 0.2) is 60.8 Å². The van der Waals surface area contributed by atoms with Crippen molar-refractivity contribution in [1.82, 2.24) is 0 Å². The molecule has 0 aliphatic carbocycles. The molecule has 62 heavy (non-hydrogen) atoms. The summed E-state index contributed by atoms with van der Waals surface area (Å²) in [5.41, 5.74) is 0. The highest BCUT2D eigenvalue weighted by atomic mass is 16.6. The van der Waals surface area contributed by atoms with Crippen LogP contribution in [0.1, 0.15) is 258 Å². The lowest BCUT2D eigenvalue weighted by Gasteiger charge is -2.18. The molecule has 0 aliphatic rings. The third kappa shape index (κ3) is 48.1. The zero-order chi connectivity index (χ0) is 45.1. The molecule has 0 aromatic rings. The van der Waals surface area contributed by atoms with E-state index in [0.29, 0.717) is 19.3 Å². The number of carbonyl (C=O) groups is 3. The number of hydrogen-bond acceptors (Lipinski definition) is 6. The number of rotatable bonds is 47. The first-order valence-electron chi connectivity index (χ1n) is 26.3. The summed E-state index contributed by atoms with van der Waals surface area (Å²) in [4.78, 5) is 38.0. The quantitative estimate of drug-likeness (QED) is 0.0199. The molecule has 0 saturated heterocycles. The monoisotopic (exact) mass is 867 g/mol. The van der Waals surface area contributed by atoms with E-state index in [2.05, 4.69) is 63.3 Å². The number of hydrogen-bond donors (Lipinski definition) is 0. The molecule has 0 rings (SSSR count). The predicted molar refractivity (Wildman–Crippen MR) is 265 cm³/mol. The van der Waals surface area contributed by atoms with Crippen LogP contribution < -0.4 is 0 Å². The van der Waals surface area contributed by atoms with Gasteiger partial charge in [0.1, 0.15) is 13.2 Å². The van der Waals surface area contributed by atoms with Crippen molar-refractivity contribution < 1.29 is 28.6 Å². The molecular weight excluding hydrogens is 769 g/mol. The average Bonchev–Trinajstić information content (AvgIpc) is 3.27. The first-order valence-corrected chi connectivity index (χ1v) is 26.3. The maximum Gasteiger partial charge on any atom is 0.306 e. The van der Waals surface area contributed by atoms with Crippen molar-refractivity contribution >= 4 is 17.9 Å². The fourth-order valence-electron chi connectivity index (χ4n) is 7.39. The lowest BCUT2D eigenvalue weighted by molar-refractivity contribution is -0.167. The minimum absolute atomic E-state index is 0.0834. The largest absolute Gasteiger partial charge is 0.462 e. The van der Waals surface area contributed by atoms with E-state index < -0.39 is 6.10 Å².